The third kappa shape index (κ3) is 3.49. The van der Waals surface area contributed by atoms with Gasteiger partial charge in [-0.25, -0.2) is 4.99 Å². The van der Waals surface area contributed by atoms with Gasteiger partial charge in [0.25, 0.3) is 0 Å². The third-order valence-corrected chi connectivity index (χ3v) is 4.28. The number of benzene rings is 1. The lowest BCUT2D eigenvalue weighted by molar-refractivity contribution is 0.465. The Kier molecular flexibility index (Phi) is 4.32. The van der Waals surface area contributed by atoms with Crippen LogP contribution >= 0.6 is 0 Å². The van der Waals surface area contributed by atoms with Crippen molar-refractivity contribution in [1.29, 1.82) is 0 Å². The van der Waals surface area contributed by atoms with Crippen molar-refractivity contribution in [3.8, 4) is 5.75 Å². The number of hydrogen-bond donors (Lipinski definition) is 3. The lowest BCUT2D eigenvalue weighted by Gasteiger charge is -2.20. The van der Waals surface area contributed by atoms with E-state index in [2.05, 4.69) is 28.6 Å². The van der Waals surface area contributed by atoms with Crippen LogP contribution in [0.15, 0.2) is 17.1 Å². The summed E-state index contributed by atoms with van der Waals surface area (Å²) >= 11 is 0. The number of nitrogens with zero attached hydrogens (tertiary/aromatic N) is 1. The molecule has 0 atom stereocenters. The molecule has 0 aromatic heterocycles. The molecular formula is C17H25N3O. The fourth-order valence-electron chi connectivity index (χ4n) is 2.97. The maximum atomic E-state index is 10.2. The second-order valence-corrected chi connectivity index (χ2v) is 6.02. The number of hydrogen-bond acceptors (Lipinski definition) is 2. The van der Waals surface area contributed by atoms with Crippen LogP contribution in [0.3, 0.4) is 0 Å². The fraction of sp³-hybridized carbons (Fsp3) is 0.588. The molecule has 1 aromatic carbocycles. The maximum absolute atomic E-state index is 10.2. The predicted molar refractivity (Wildman–Crippen MR) is 85.7 cm³/mol. The van der Waals surface area contributed by atoms with Gasteiger partial charge < -0.3 is 15.7 Å². The second kappa shape index (κ2) is 6.37. The molecule has 1 saturated carbocycles. The molecule has 1 fully saturated rings. The number of aliphatic imine (C=N–C) groups is 1. The van der Waals surface area contributed by atoms with Crippen LogP contribution in [0.4, 0.5) is 0 Å². The van der Waals surface area contributed by atoms with Crippen LogP contribution in [-0.4, -0.2) is 23.7 Å². The zero-order valence-corrected chi connectivity index (χ0v) is 12.8. The molecule has 0 amide bonds. The summed E-state index contributed by atoms with van der Waals surface area (Å²) in [7, 11) is 0. The van der Waals surface area contributed by atoms with E-state index in [1.54, 1.807) is 0 Å². The van der Waals surface area contributed by atoms with Crippen LogP contribution in [0.1, 0.15) is 49.3 Å². The van der Waals surface area contributed by atoms with E-state index in [0.717, 1.165) is 30.9 Å². The fourth-order valence-corrected chi connectivity index (χ4v) is 2.97. The largest absolute Gasteiger partial charge is 0.508 e. The Morgan fingerprint density at radius 2 is 2.10 bits per heavy atom. The van der Waals surface area contributed by atoms with E-state index in [-0.39, 0.29) is 0 Å². The van der Waals surface area contributed by atoms with Crippen molar-refractivity contribution in [2.45, 2.75) is 58.0 Å². The van der Waals surface area contributed by atoms with Crippen LogP contribution in [0.5, 0.6) is 5.75 Å². The average molecular weight is 287 g/mol. The van der Waals surface area contributed by atoms with E-state index in [0.29, 0.717) is 18.3 Å². The number of rotatable bonds is 4. The molecule has 3 N–H and O–H groups in total. The standard InChI is InChI=1S/C17H25N3O/c1-2-18-17(20-13-8-9-13)19-11-15-14-6-4-3-5-12(14)7-10-16(15)21/h7,10,13,21H,2-6,8-9,11H2,1H3,(H2,18,19,20). The molecule has 21 heavy (non-hydrogen) atoms. The number of phenolic OH excluding ortho intramolecular Hbond substituents is 1. The van der Waals surface area contributed by atoms with Gasteiger partial charge in [0.1, 0.15) is 5.75 Å². The molecule has 0 aliphatic heterocycles. The van der Waals surface area contributed by atoms with Crippen molar-refractivity contribution in [2.24, 2.45) is 4.99 Å². The number of aryl methyl sites for hydroxylation is 1. The van der Waals surface area contributed by atoms with Crippen molar-refractivity contribution in [3.05, 3.63) is 28.8 Å². The average Bonchev–Trinajstić information content (AvgIpc) is 3.30. The zero-order valence-electron chi connectivity index (χ0n) is 12.8. The van der Waals surface area contributed by atoms with E-state index < -0.39 is 0 Å². The van der Waals surface area contributed by atoms with E-state index in [1.165, 1.54) is 36.8 Å². The van der Waals surface area contributed by atoms with Crippen molar-refractivity contribution >= 4 is 5.96 Å². The number of aromatic hydroxyl groups is 1. The molecule has 2 aliphatic rings. The third-order valence-electron chi connectivity index (χ3n) is 4.28. The monoisotopic (exact) mass is 287 g/mol. The van der Waals surface area contributed by atoms with Gasteiger partial charge in [0.05, 0.1) is 6.54 Å². The van der Waals surface area contributed by atoms with Crippen molar-refractivity contribution < 1.29 is 5.11 Å². The molecule has 4 heteroatoms. The Labute approximate surface area is 126 Å². The summed E-state index contributed by atoms with van der Waals surface area (Å²) in [5, 5.41) is 16.9. The molecule has 0 radical (unpaired) electrons. The summed E-state index contributed by atoms with van der Waals surface area (Å²) < 4.78 is 0. The molecule has 3 rings (SSSR count). The minimum Gasteiger partial charge on any atom is -0.508 e. The minimum atomic E-state index is 0.390. The molecule has 114 valence electrons. The lowest BCUT2D eigenvalue weighted by atomic mass is 9.88. The summed E-state index contributed by atoms with van der Waals surface area (Å²) in [5.41, 5.74) is 3.73. The molecular weight excluding hydrogens is 262 g/mol. The Balaban J connectivity index is 1.79. The van der Waals surface area contributed by atoms with Crippen LogP contribution in [0.2, 0.25) is 0 Å². The highest BCUT2D eigenvalue weighted by atomic mass is 16.3. The second-order valence-electron chi connectivity index (χ2n) is 6.02. The first kappa shape index (κ1) is 14.2. The highest BCUT2D eigenvalue weighted by Crippen LogP contribution is 2.31. The van der Waals surface area contributed by atoms with Crippen molar-refractivity contribution in [2.75, 3.05) is 6.54 Å². The van der Waals surface area contributed by atoms with Gasteiger partial charge in [-0.3, -0.25) is 0 Å². The Morgan fingerprint density at radius 1 is 1.29 bits per heavy atom. The number of fused-ring (bicyclic) bond motifs is 1. The van der Waals surface area contributed by atoms with Gasteiger partial charge in [-0.15, -0.1) is 0 Å². The number of phenols is 1. The van der Waals surface area contributed by atoms with Gasteiger partial charge in [-0.1, -0.05) is 6.07 Å². The van der Waals surface area contributed by atoms with E-state index in [9.17, 15) is 5.11 Å². The van der Waals surface area contributed by atoms with Crippen LogP contribution < -0.4 is 10.6 Å². The molecule has 2 aliphatic carbocycles. The van der Waals surface area contributed by atoms with Gasteiger partial charge in [-0.2, -0.15) is 0 Å². The summed E-state index contributed by atoms with van der Waals surface area (Å²) in [5.74, 6) is 1.26. The highest BCUT2D eigenvalue weighted by Gasteiger charge is 2.22. The smallest absolute Gasteiger partial charge is 0.191 e. The molecule has 1 aromatic rings. The van der Waals surface area contributed by atoms with E-state index >= 15 is 0 Å². The van der Waals surface area contributed by atoms with Gasteiger partial charge in [0.15, 0.2) is 5.96 Å². The first-order chi connectivity index (χ1) is 10.3. The molecule has 4 nitrogen and oxygen atoms in total. The van der Waals surface area contributed by atoms with Crippen LogP contribution in [0.25, 0.3) is 0 Å². The topological polar surface area (TPSA) is 56.7 Å². The van der Waals surface area contributed by atoms with Crippen LogP contribution in [0, 0.1) is 0 Å². The first-order valence-corrected chi connectivity index (χ1v) is 8.15. The minimum absolute atomic E-state index is 0.390. The highest BCUT2D eigenvalue weighted by molar-refractivity contribution is 5.80. The SMILES string of the molecule is CCNC(=NCc1c(O)ccc2c1CCCC2)NC1CC1. The van der Waals surface area contributed by atoms with E-state index in [1.807, 2.05) is 6.07 Å². The van der Waals surface area contributed by atoms with E-state index in [4.69, 9.17) is 0 Å². The van der Waals surface area contributed by atoms with Gasteiger partial charge >= 0.3 is 0 Å². The van der Waals surface area contributed by atoms with Gasteiger partial charge in [-0.05, 0) is 62.6 Å². The maximum Gasteiger partial charge on any atom is 0.191 e. The Morgan fingerprint density at radius 3 is 2.86 bits per heavy atom. The summed E-state index contributed by atoms with van der Waals surface area (Å²) in [6.45, 7) is 3.49. The summed E-state index contributed by atoms with van der Waals surface area (Å²) in [6, 6.07) is 4.49. The van der Waals surface area contributed by atoms with Crippen LogP contribution in [-0.2, 0) is 19.4 Å². The lowest BCUT2D eigenvalue weighted by Crippen LogP contribution is -2.38. The quantitative estimate of drug-likeness (QED) is 0.589. The molecule has 0 saturated heterocycles. The van der Waals surface area contributed by atoms with Gasteiger partial charge in [0, 0.05) is 18.2 Å². The summed E-state index contributed by atoms with van der Waals surface area (Å²) in [6.07, 6.45) is 7.14. The number of nitrogens with one attached hydrogen (secondary N) is 2. The van der Waals surface area contributed by atoms with Crippen molar-refractivity contribution in [3.63, 3.8) is 0 Å². The molecule has 0 spiro atoms. The molecule has 0 heterocycles. The van der Waals surface area contributed by atoms with Crippen molar-refractivity contribution in [1.82, 2.24) is 10.6 Å². The van der Waals surface area contributed by atoms with Gasteiger partial charge in [0.2, 0.25) is 0 Å². The normalized spacial score (nSPS) is 18.2. The molecule has 0 bridgehead atoms. The zero-order chi connectivity index (χ0) is 14.7. The first-order valence-electron chi connectivity index (χ1n) is 8.15. The predicted octanol–water partition coefficient (Wildman–Crippen LogP) is 2.49. The molecule has 0 unspecified atom stereocenters. The number of guanidine groups is 1. The Bertz CT molecular complexity index is 535. The Hall–Kier alpha value is -1.71. The summed E-state index contributed by atoms with van der Waals surface area (Å²) in [4.78, 5) is 4.67.